The van der Waals surface area contributed by atoms with Gasteiger partial charge in [-0.05, 0) is 45.6 Å². The topological polar surface area (TPSA) is 102 Å². The van der Waals surface area contributed by atoms with Gasteiger partial charge in [0.2, 0.25) is 11.8 Å². The summed E-state index contributed by atoms with van der Waals surface area (Å²) < 4.78 is 5.23. The summed E-state index contributed by atoms with van der Waals surface area (Å²) in [6, 6.07) is -1.24. The number of fused-ring (bicyclic) bond motifs is 2. The maximum atomic E-state index is 13.1. The maximum Gasteiger partial charge on any atom is 0.332 e. The van der Waals surface area contributed by atoms with Gasteiger partial charge in [-0.15, -0.1) is 5.92 Å². The van der Waals surface area contributed by atoms with E-state index in [9.17, 15) is 14.4 Å². The molecule has 1 radical (unpaired) electrons. The molecule has 5 atom stereocenters. The van der Waals surface area contributed by atoms with Gasteiger partial charge in [0.05, 0.1) is 12.6 Å². The van der Waals surface area contributed by atoms with E-state index in [-0.39, 0.29) is 70.4 Å². The van der Waals surface area contributed by atoms with Crippen molar-refractivity contribution < 1.29 is 51.8 Å². The maximum absolute atomic E-state index is 13.1. The van der Waals surface area contributed by atoms with Crippen LogP contribution in [0.15, 0.2) is 12.2 Å². The summed E-state index contributed by atoms with van der Waals surface area (Å²) in [5, 5.41) is 2.92. The van der Waals surface area contributed by atoms with Crippen LogP contribution in [0.2, 0.25) is 0 Å². The van der Waals surface area contributed by atoms with E-state index in [0.717, 1.165) is 25.7 Å². The van der Waals surface area contributed by atoms with E-state index >= 15 is 0 Å². The van der Waals surface area contributed by atoms with Crippen molar-refractivity contribution in [2.75, 3.05) is 13.2 Å². The molecule has 1 unspecified atom stereocenters. The number of carbonyl (C=O) groups excluding carboxylic acids is 3. The Bertz CT molecular complexity index is 656. The van der Waals surface area contributed by atoms with Gasteiger partial charge in [-0.1, -0.05) is 25.0 Å². The molecule has 7 nitrogen and oxygen atoms in total. The minimum absolute atomic E-state index is 0. The van der Waals surface area contributed by atoms with Crippen LogP contribution in [0.1, 0.15) is 51.9 Å². The third kappa shape index (κ3) is 5.92. The summed E-state index contributed by atoms with van der Waals surface area (Å²) in [5.74, 6) is -1.01. The number of amides is 2. The second-order valence-electron chi connectivity index (χ2n) is 8.27. The molecule has 2 amide bonds. The molecule has 2 heterocycles. The van der Waals surface area contributed by atoms with Gasteiger partial charge in [0, 0.05) is 38.6 Å². The first-order chi connectivity index (χ1) is 13.4. The number of ether oxygens (including phenoxy) is 1. The molecule has 2 fully saturated rings. The molecular weight excluding hydrogens is 459 g/mol. The Labute approximate surface area is 205 Å². The van der Waals surface area contributed by atoms with Crippen LogP contribution in [-0.4, -0.2) is 53.5 Å². The molecule has 3 aliphatic rings. The molecule has 167 valence electrons. The second-order valence-corrected chi connectivity index (χ2v) is 8.27. The van der Waals surface area contributed by atoms with E-state index in [1.807, 2.05) is 6.08 Å². The first kappa shape index (κ1) is 27.2. The van der Waals surface area contributed by atoms with Crippen molar-refractivity contribution >= 4 is 17.8 Å². The fourth-order valence-electron chi connectivity index (χ4n) is 4.33. The van der Waals surface area contributed by atoms with Gasteiger partial charge in [0.25, 0.3) is 0 Å². The fourth-order valence-corrected chi connectivity index (χ4v) is 4.33. The molecule has 8 heteroatoms. The minimum atomic E-state index is -1.01. The molecule has 1 aliphatic carbocycles. The minimum Gasteiger partial charge on any atom is -0.464 e. The van der Waals surface area contributed by atoms with Crippen LogP contribution in [0.25, 0.3) is 0 Å². The Morgan fingerprint density at radius 1 is 1.37 bits per heavy atom. The quantitative estimate of drug-likeness (QED) is 0.346. The number of rotatable bonds is 2. The van der Waals surface area contributed by atoms with Crippen LogP contribution in [0.3, 0.4) is 0 Å². The number of carbonyl (C=O) groups is 3. The molecule has 0 aromatic carbocycles. The monoisotopic (exact) mass is 494 g/mol. The first-order valence-corrected chi connectivity index (χ1v) is 10.4. The van der Waals surface area contributed by atoms with Crippen LogP contribution < -0.4 is 11.1 Å². The molecule has 0 aromatic rings. The first-order valence-electron chi connectivity index (χ1n) is 10.4. The summed E-state index contributed by atoms with van der Waals surface area (Å²) in [4.78, 5) is 40.1. The van der Waals surface area contributed by atoms with Gasteiger partial charge in [-0.25, -0.2) is 4.79 Å². The second kappa shape index (κ2) is 11.7. The summed E-state index contributed by atoms with van der Waals surface area (Å²) in [7, 11) is 0. The predicted octanol–water partition coefficient (Wildman–Crippen LogP) is 1.77. The molecule has 0 bridgehead atoms. The largest absolute Gasteiger partial charge is 0.464 e. The van der Waals surface area contributed by atoms with E-state index in [0.29, 0.717) is 25.8 Å². The smallest absolute Gasteiger partial charge is 0.332 e. The average molecular weight is 494 g/mol. The Morgan fingerprint density at radius 2 is 2.10 bits per heavy atom. The van der Waals surface area contributed by atoms with Gasteiger partial charge < -0.3 is 35.0 Å². The molecule has 1 saturated heterocycles. The normalized spacial score (nSPS) is 35.2. The third-order valence-electron chi connectivity index (χ3n) is 6.05. The van der Waals surface area contributed by atoms with Crippen molar-refractivity contribution in [2.24, 2.45) is 17.6 Å². The summed E-state index contributed by atoms with van der Waals surface area (Å²) in [5.41, 5.74) is 5.11. The van der Waals surface area contributed by atoms with Crippen molar-refractivity contribution in [1.82, 2.24) is 10.2 Å². The number of nitrogens with zero attached hydrogens (tertiary/aromatic N) is 1. The zero-order chi connectivity index (χ0) is 20.3. The van der Waals surface area contributed by atoms with Crippen molar-refractivity contribution in [3.8, 4) is 0 Å². The van der Waals surface area contributed by atoms with Crippen LogP contribution in [0, 0.1) is 26.2 Å². The zero-order valence-electron chi connectivity index (χ0n) is 18.3. The van der Waals surface area contributed by atoms with Crippen LogP contribution in [0.4, 0.5) is 0 Å². The number of hydrogen-bond donors (Lipinski definition) is 2. The van der Waals surface area contributed by atoms with E-state index in [1.165, 1.54) is 0 Å². The fraction of sp³-hybridized carbons (Fsp3) is 0.682. The Balaban J connectivity index is 0.00000225. The van der Waals surface area contributed by atoms with E-state index in [4.69, 9.17) is 10.5 Å². The van der Waals surface area contributed by atoms with Crippen molar-refractivity contribution in [2.45, 2.75) is 69.5 Å². The van der Waals surface area contributed by atoms with Crippen molar-refractivity contribution in [3.63, 3.8) is 0 Å². The van der Waals surface area contributed by atoms with Crippen LogP contribution in [-0.2, 0) is 51.8 Å². The predicted molar refractivity (Wildman–Crippen MR) is 111 cm³/mol. The molecule has 3 N–H and O–H groups in total. The number of allylic oxidation sites excluding steroid dienone is 1. The standard InChI is InChI=1S/C21H32N3O4.CH3.Y/c1-3-28-20(27)21-12-15(21)9-7-5-4-6-8-10-16(22)19(26)24-13-14(2)11-17(24)18(25)23-21;;/h7,9,14-17H,2-6,8,10-13,22H2,1H3,(H,23,25);1H3;/q2*-1;/b9-7-;;/t14-,15?,16+,17+,21-;;/m1../s1. The molecule has 3 rings (SSSR count). The number of hydrogen-bond acceptors (Lipinski definition) is 5. The Hall–Kier alpha value is -0.786. The summed E-state index contributed by atoms with van der Waals surface area (Å²) >= 11 is 0. The van der Waals surface area contributed by atoms with E-state index < -0.39 is 23.6 Å². The average Bonchev–Trinajstić information content (AvgIpc) is 3.21. The molecular formula is C22H35N3O4Y-2. The third-order valence-corrected chi connectivity index (χ3v) is 6.05. The van der Waals surface area contributed by atoms with Gasteiger partial charge in [0.1, 0.15) is 11.6 Å². The molecule has 1 saturated carbocycles. The summed E-state index contributed by atoms with van der Waals surface area (Å²) in [6.45, 7) is 6.47. The molecule has 0 spiro atoms. The Kier molecular flexibility index (Phi) is 10.6. The molecule has 30 heavy (non-hydrogen) atoms. The zero-order valence-corrected chi connectivity index (χ0v) is 21.1. The van der Waals surface area contributed by atoms with Crippen molar-refractivity contribution in [1.29, 1.82) is 0 Å². The van der Waals surface area contributed by atoms with Crippen molar-refractivity contribution in [3.05, 3.63) is 26.5 Å². The van der Waals surface area contributed by atoms with Gasteiger partial charge in [0.15, 0.2) is 0 Å². The SMILES string of the molecule is [CH2-][C@@H]1C[C@H]2C(=O)N[C@]3(C(=O)OCC)CC3/C=C\CCCCC[C@H](N)C(=O)N2C1.[CH3-].[Y]. The summed E-state index contributed by atoms with van der Waals surface area (Å²) in [6.07, 6.45) is 9.52. The Morgan fingerprint density at radius 3 is 2.80 bits per heavy atom. The van der Waals surface area contributed by atoms with Crippen LogP contribution >= 0.6 is 0 Å². The molecule has 0 aromatic heterocycles. The van der Waals surface area contributed by atoms with E-state index in [2.05, 4.69) is 18.3 Å². The number of nitrogens with two attached hydrogens (primary N) is 1. The number of nitrogens with one attached hydrogen (secondary N) is 1. The van der Waals surface area contributed by atoms with Gasteiger partial charge >= 0.3 is 5.97 Å². The number of esters is 1. The van der Waals surface area contributed by atoms with E-state index in [1.54, 1.807) is 11.8 Å². The van der Waals surface area contributed by atoms with Gasteiger partial charge in [-0.2, -0.15) is 0 Å². The molecule has 2 aliphatic heterocycles. The van der Waals surface area contributed by atoms with Crippen LogP contribution in [0.5, 0.6) is 0 Å². The van der Waals surface area contributed by atoms with Gasteiger partial charge in [-0.3, -0.25) is 9.59 Å².